The Labute approximate surface area is 102 Å². The zero-order valence-electron chi connectivity index (χ0n) is 11.5. The van der Waals surface area contributed by atoms with E-state index in [1.165, 1.54) is 58.0 Å². The molecule has 0 spiro atoms. The molecule has 1 aliphatic rings. The molecule has 0 radical (unpaired) electrons. The summed E-state index contributed by atoms with van der Waals surface area (Å²) in [5, 5.41) is 3.21. The molecule has 0 amide bonds. The molecule has 2 nitrogen and oxygen atoms in total. The summed E-state index contributed by atoms with van der Waals surface area (Å²) in [6, 6.07) is 0.875. The molecule has 1 aliphatic carbocycles. The van der Waals surface area contributed by atoms with Crippen LogP contribution in [-0.4, -0.2) is 38.1 Å². The minimum Gasteiger partial charge on any atom is -0.320 e. The van der Waals surface area contributed by atoms with Gasteiger partial charge < -0.3 is 10.2 Å². The molecule has 1 saturated carbocycles. The smallest absolute Gasteiger partial charge is 0.00924 e. The molecule has 0 aliphatic heterocycles. The van der Waals surface area contributed by atoms with Crippen LogP contribution in [0.15, 0.2) is 0 Å². The van der Waals surface area contributed by atoms with Crippen LogP contribution < -0.4 is 5.32 Å². The van der Waals surface area contributed by atoms with Gasteiger partial charge in [-0.25, -0.2) is 0 Å². The van der Waals surface area contributed by atoms with Crippen LogP contribution >= 0.6 is 0 Å². The summed E-state index contributed by atoms with van der Waals surface area (Å²) in [7, 11) is 4.36. The maximum atomic E-state index is 3.21. The van der Waals surface area contributed by atoms with Gasteiger partial charge >= 0.3 is 0 Å². The minimum absolute atomic E-state index is 0.875. The van der Waals surface area contributed by atoms with E-state index in [1.54, 1.807) is 0 Å². The molecule has 0 aromatic heterocycles. The predicted molar refractivity (Wildman–Crippen MR) is 71.8 cm³/mol. The van der Waals surface area contributed by atoms with Gasteiger partial charge in [0.1, 0.15) is 0 Å². The Hall–Kier alpha value is -0.0800. The van der Waals surface area contributed by atoms with Gasteiger partial charge in [-0.3, -0.25) is 0 Å². The van der Waals surface area contributed by atoms with Crippen molar-refractivity contribution < 1.29 is 0 Å². The zero-order chi connectivity index (χ0) is 11.8. The third-order valence-corrected chi connectivity index (χ3v) is 4.05. The highest BCUT2D eigenvalue weighted by atomic mass is 15.1. The lowest BCUT2D eigenvalue weighted by Gasteiger charge is -2.33. The van der Waals surface area contributed by atoms with Gasteiger partial charge in [0.05, 0.1) is 0 Å². The van der Waals surface area contributed by atoms with E-state index in [-0.39, 0.29) is 0 Å². The summed E-state index contributed by atoms with van der Waals surface area (Å²) in [6.45, 7) is 4.86. The Morgan fingerprint density at radius 1 is 1.06 bits per heavy atom. The van der Waals surface area contributed by atoms with Gasteiger partial charge in [-0.15, -0.1) is 0 Å². The molecule has 1 rings (SSSR count). The molecule has 1 N–H and O–H groups in total. The van der Waals surface area contributed by atoms with Gasteiger partial charge in [0.15, 0.2) is 0 Å². The SMILES string of the molecule is CNCCCCCN(C)C1CCC(C)CC1. The van der Waals surface area contributed by atoms with Crippen molar-refractivity contribution in [3.8, 4) is 0 Å². The molecule has 0 unspecified atom stereocenters. The van der Waals surface area contributed by atoms with Gasteiger partial charge in [0, 0.05) is 6.04 Å². The Balaban J connectivity index is 2.03. The largest absolute Gasteiger partial charge is 0.320 e. The first-order valence-corrected chi connectivity index (χ1v) is 7.09. The predicted octanol–water partition coefficient (Wildman–Crippen LogP) is 2.89. The lowest BCUT2D eigenvalue weighted by Crippen LogP contribution is -2.35. The highest BCUT2D eigenvalue weighted by Gasteiger charge is 2.20. The zero-order valence-corrected chi connectivity index (χ0v) is 11.5. The number of nitrogens with zero attached hydrogens (tertiary/aromatic N) is 1. The summed E-state index contributed by atoms with van der Waals surface area (Å²) in [5.74, 6) is 0.972. The number of nitrogens with one attached hydrogen (secondary N) is 1. The average molecular weight is 226 g/mol. The van der Waals surface area contributed by atoms with Crippen molar-refractivity contribution >= 4 is 0 Å². The second-order valence-electron chi connectivity index (χ2n) is 5.56. The van der Waals surface area contributed by atoms with Crippen LogP contribution in [-0.2, 0) is 0 Å². The summed E-state index contributed by atoms with van der Waals surface area (Å²) < 4.78 is 0. The van der Waals surface area contributed by atoms with E-state index in [0.717, 1.165) is 12.0 Å². The number of rotatable bonds is 7. The Morgan fingerprint density at radius 2 is 1.75 bits per heavy atom. The highest BCUT2D eigenvalue weighted by Crippen LogP contribution is 2.26. The molecule has 0 aromatic rings. The second-order valence-corrected chi connectivity index (χ2v) is 5.56. The van der Waals surface area contributed by atoms with E-state index in [1.807, 2.05) is 7.05 Å². The second kappa shape index (κ2) is 8.08. The Kier molecular flexibility index (Phi) is 7.06. The number of hydrogen-bond acceptors (Lipinski definition) is 2. The topological polar surface area (TPSA) is 15.3 Å². The number of unbranched alkanes of at least 4 members (excludes halogenated alkanes) is 2. The molecule has 1 fully saturated rings. The molecule has 2 heteroatoms. The molecule has 0 saturated heterocycles. The van der Waals surface area contributed by atoms with E-state index in [2.05, 4.69) is 24.2 Å². The monoisotopic (exact) mass is 226 g/mol. The fourth-order valence-corrected chi connectivity index (χ4v) is 2.71. The van der Waals surface area contributed by atoms with E-state index in [4.69, 9.17) is 0 Å². The third-order valence-electron chi connectivity index (χ3n) is 4.05. The maximum absolute atomic E-state index is 3.21. The van der Waals surface area contributed by atoms with E-state index < -0.39 is 0 Å². The first-order valence-electron chi connectivity index (χ1n) is 7.09. The van der Waals surface area contributed by atoms with Crippen LogP contribution in [0.3, 0.4) is 0 Å². The van der Waals surface area contributed by atoms with Gasteiger partial charge in [-0.1, -0.05) is 13.3 Å². The van der Waals surface area contributed by atoms with Crippen molar-refractivity contribution in [1.82, 2.24) is 10.2 Å². The number of hydrogen-bond donors (Lipinski definition) is 1. The molecule has 0 heterocycles. The van der Waals surface area contributed by atoms with Gasteiger partial charge in [0.2, 0.25) is 0 Å². The molecule has 96 valence electrons. The van der Waals surface area contributed by atoms with Crippen molar-refractivity contribution in [2.75, 3.05) is 27.2 Å². The normalized spacial score (nSPS) is 26.2. The molecule has 0 aromatic carbocycles. The van der Waals surface area contributed by atoms with E-state index >= 15 is 0 Å². The summed E-state index contributed by atoms with van der Waals surface area (Å²) >= 11 is 0. The van der Waals surface area contributed by atoms with Crippen molar-refractivity contribution in [1.29, 1.82) is 0 Å². The summed E-state index contributed by atoms with van der Waals surface area (Å²) in [5.41, 5.74) is 0. The van der Waals surface area contributed by atoms with Crippen molar-refractivity contribution in [3.05, 3.63) is 0 Å². The molecule has 0 bridgehead atoms. The van der Waals surface area contributed by atoms with Crippen LogP contribution in [0.1, 0.15) is 51.9 Å². The van der Waals surface area contributed by atoms with Crippen molar-refractivity contribution in [2.24, 2.45) is 5.92 Å². The van der Waals surface area contributed by atoms with E-state index in [9.17, 15) is 0 Å². The first kappa shape index (κ1) is 14.0. The third kappa shape index (κ3) is 5.31. The molecule has 16 heavy (non-hydrogen) atoms. The average Bonchev–Trinajstić information content (AvgIpc) is 2.29. The van der Waals surface area contributed by atoms with Crippen LogP contribution in [0, 0.1) is 5.92 Å². The van der Waals surface area contributed by atoms with Gasteiger partial charge in [-0.2, -0.15) is 0 Å². The maximum Gasteiger partial charge on any atom is 0.00924 e. The van der Waals surface area contributed by atoms with Gasteiger partial charge in [-0.05, 0) is 71.6 Å². The lowest BCUT2D eigenvalue weighted by atomic mass is 9.87. The Bertz CT molecular complexity index is 162. The van der Waals surface area contributed by atoms with E-state index in [0.29, 0.717) is 0 Å². The Morgan fingerprint density at radius 3 is 2.38 bits per heavy atom. The van der Waals surface area contributed by atoms with Gasteiger partial charge in [0.25, 0.3) is 0 Å². The summed E-state index contributed by atoms with van der Waals surface area (Å²) in [6.07, 6.45) is 9.79. The van der Waals surface area contributed by atoms with Crippen molar-refractivity contribution in [2.45, 2.75) is 57.9 Å². The quantitative estimate of drug-likeness (QED) is 0.672. The van der Waals surface area contributed by atoms with Crippen LogP contribution in [0.4, 0.5) is 0 Å². The highest BCUT2D eigenvalue weighted by molar-refractivity contribution is 4.76. The lowest BCUT2D eigenvalue weighted by molar-refractivity contribution is 0.168. The van der Waals surface area contributed by atoms with Crippen LogP contribution in [0.5, 0.6) is 0 Å². The molecule has 0 atom stereocenters. The summed E-state index contributed by atoms with van der Waals surface area (Å²) in [4.78, 5) is 2.60. The van der Waals surface area contributed by atoms with Crippen LogP contribution in [0.2, 0.25) is 0 Å². The fourth-order valence-electron chi connectivity index (χ4n) is 2.71. The fraction of sp³-hybridized carbons (Fsp3) is 1.00. The molecular weight excluding hydrogens is 196 g/mol. The molecular formula is C14H30N2. The standard InChI is InChI=1S/C14H30N2/c1-13-7-9-14(10-8-13)16(3)12-6-4-5-11-15-2/h13-15H,4-12H2,1-3H3. The minimum atomic E-state index is 0.875. The van der Waals surface area contributed by atoms with Crippen LogP contribution in [0.25, 0.3) is 0 Å². The first-order chi connectivity index (χ1) is 7.74. The van der Waals surface area contributed by atoms with Crippen molar-refractivity contribution in [3.63, 3.8) is 0 Å².